The van der Waals surface area contributed by atoms with E-state index in [9.17, 15) is 0 Å². The van der Waals surface area contributed by atoms with E-state index in [2.05, 4.69) is 55.8 Å². The maximum absolute atomic E-state index is 5.47. The van der Waals surface area contributed by atoms with Gasteiger partial charge in [0.05, 0.1) is 14.2 Å². The van der Waals surface area contributed by atoms with Gasteiger partial charge in [0.25, 0.3) is 0 Å². The van der Waals surface area contributed by atoms with Crippen molar-refractivity contribution in [1.29, 1.82) is 0 Å². The Hall–Kier alpha value is -2.93. The number of benzene rings is 2. The number of aliphatic imine (C=N–C) groups is 1. The first-order valence-electron chi connectivity index (χ1n) is 11.4. The summed E-state index contributed by atoms with van der Waals surface area (Å²) in [4.78, 5) is 9.38. The molecule has 0 spiro atoms. The van der Waals surface area contributed by atoms with Crippen LogP contribution in [0, 0.1) is 0 Å². The van der Waals surface area contributed by atoms with E-state index in [1.165, 1.54) is 12.1 Å². The first-order valence-corrected chi connectivity index (χ1v) is 11.4. The fourth-order valence-corrected chi connectivity index (χ4v) is 3.93. The van der Waals surface area contributed by atoms with Gasteiger partial charge in [-0.15, -0.1) is 0 Å². The Morgan fingerprint density at radius 3 is 2.41 bits per heavy atom. The number of piperazine rings is 1. The normalized spacial score (nSPS) is 14.8. The third-order valence-electron chi connectivity index (χ3n) is 5.85. The Morgan fingerprint density at radius 1 is 0.938 bits per heavy atom. The van der Waals surface area contributed by atoms with E-state index in [1.807, 2.05) is 18.2 Å². The van der Waals surface area contributed by atoms with Crippen molar-refractivity contribution in [3.8, 4) is 11.5 Å². The van der Waals surface area contributed by atoms with Crippen molar-refractivity contribution >= 4 is 11.6 Å². The number of ether oxygens (including phenoxy) is 2. The molecule has 0 saturated carbocycles. The molecule has 7 heteroatoms. The van der Waals surface area contributed by atoms with Crippen molar-refractivity contribution in [2.75, 3.05) is 65.4 Å². The minimum atomic E-state index is 0.637. The summed E-state index contributed by atoms with van der Waals surface area (Å²) in [5, 5.41) is 6.77. The maximum atomic E-state index is 5.47. The standard InChI is InChI=1S/C25H37N5O2/c1-26-25(28-20-21-11-12-23(31-2)19-24(21)32-3)27-13-7-8-14-29-15-17-30(18-16-29)22-9-5-4-6-10-22/h4-6,9-12,19H,7-8,13-18,20H2,1-3H3,(H2,26,27,28). The largest absolute Gasteiger partial charge is 0.497 e. The van der Waals surface area contributed by atoms with Crippen molar-refractivity contribution in [2.24, 2.45) is 4.99 Å². The van der Waals surface area contributed by atoms with Crippen LogP contribution in [0.2, 0.25) is 0 Å². The van der Waals surface area contributed by atoms with Gasteiger partial charge in [0.15, 0.2) is 5.96 Å². The zero-order chi connectivity index (χ0) is 22.6. The number of para-hydroxylation sites is 1. The Bertz CT molecular complexity index is 835. The molecule has 0 radical (unpaired) electrons. The molecule has 0 aliphatic carbocycles. The molecule has 1 heterocycles. The number of rotatable bonds is 10. The third-order valence-corrected chi connectivity index (χ3v) is 5.85. The Labute approximate surface area is 192 Å². The molecule has 2 aromatic rings. The van der Waals surface area contributed by atoms with E-state index in [-0.39, 0.29) is 0 Å². The van der Waals surface area contributed by atoms with Gasteiger partial charge in [0.1, 0.15) is 11.5 Å². The number of guanidine groups is 1. The highest BCUT2D eigenvalue weighted by molar-refractivity contribution is 5.79. The number of methoxy groups -OCH3 is 2. The zero-order valence-corrected chi connectivity index (χ0v) is 19.6. The monoisotopic (exact) mass is 439 g/mol. The quantitative estimate of drug-likeness (QED) is 0.337. The van der Waals surface area contributed by atoms with Crippen LogP contribution in [0.15, 0.2) is 53.5 Å². The Balaban J connectivity index is 1.30. The van der Waals surface area contributed by atoms with Crippen LogP contribution < -0.4 is 25.0 Å². The van der Waals surface area contributed by atoms with Crippen molar-refractivity contribution in [1.82, 2.24) is 15.5 Å². The molecule has 1 aliphatic rings. The molecule has 2 aromatic carbocycles. The van der Waals surface area contributed by atoms with E-state index < -0.39 is 0 Å². The summed E-state index contributed by atoms with van der Waals surface area (Å²) < 4.78 is 10.7. The second-order valence-corrected chi connectivity index (χ2v) is 7.90. The molecule has 0 unspecified atom stereocenters. The summed E-state index contributed by atoms with van der Waals surface area (Å²) >= 11 is 0. The molecular formula is C25H37N5O2. The maximum Gasteiger partial charge on any atom is 0.191 e. The second-order valence-electron chi connectivity index (χ2n) is 7.90. The minimum Gasteiger partial charge on any atom is -0.497 e. The summed E-state index contributed by atoms with van der Waals surface area (Å²) in [6.45, 7) is 7.17. The lowest BCUT2D eigenvalue weighted by atomic mass is 10.2. The molecule has 0 aromatic heterocycles. The SMILES string of the molecule is CN=C(NCCCCN1CCN(c2ccccc2)CC1)NCc1ccc(OC)cc1OC. The average molecular weight is 440 g/mol. The van der Waals surface area contributed by atoms with Gasteiger partial charge < -0.3 is 25.0 Å². The first kappa shape index (κ1) is 23.7. The number of anilines is 1. The number of hydrogen-bond acceptors (Lipinski definition) is 5. The van der Waals surface area contributed by atoms with Gasteiger partial charge in [-0.25, -0.2) is 0 Å². The van der Waals surface area contributed by atoms with Crippen molar-refractivity contribution in [3.05, 3.63) is 54.1 Å². The fraction of sp³-hybridized carbons (Fsp3) is 0.480. The van der Waals surface area contributed by atoms with Crippen molar-refractivity contribution < 1.29 is 9.47 Å². The van der Waals surface area contributed by atoms with Gasteiger partial charge in [-0.2, -0.15) is 0 Å². The van der Waals surface area contributed by atoms with Crippen LogP contribution >= 0.6 is 0 Å². The summed E-state index contributed by atoms with van der Waals surface area (Å²) in [6.07, 6.45) is 2.30. The minimum absolute atomic E-state index is 0.637. The van der Waals surface area contributed by atoms with E-state index in [0.29, 0.717) is 6.54 Å². The van der Waals surface area contributed by atoms with Crippen LogP contribution in [-0.2, 0) is 6.54 Å². The second kappa shape index (κ2) is 12.8. The zero-order valence-electron chi connectivity index (χ0n) is 19.6. The lowest BCUT2D eigenvalue weighted by Crippen LogP contribution is -2.46. The van der Waals surface area contributed by atoms with Crippen LogP contribution in [0.4, 0.5) is 5.69 Å². The predicted molar refractivity (Wildman–Crippen MR) is 132 cm³/mol. The van der Waals surface area contributed by atoms with E-state index >= 15 is 0 Å². The van der Waals surface area contributed by atoms with Gasteiger partial charge in [-0.05, 0) is 43.7 Å². The highest BCUT2D eigenvalue weighted by Gasteiger charge is 2.16. The number of nitrogens with one attached hydrogen (secondary N) is 2. The molecule has 0 amide bonds. The molecule has 0 atom stereocenters. The predicted octanol–water partition coefficient (Wildman–Crippen LogP) is 2.97. The third kappa shape index (κ3) is 7.05. The topological polar surface area (TPSA) is 61.4 Å². The molecule has 2 N–H and O–H groups in total. The summed E-state index contributed by atoms with van der Waals surface area (Å²) in [6, 6.07) is 16.6. The van der Waals surface area contributed by atoms with Gasteiger partial charge in [0.2, 0.25) is 0 Å². The summed E-state index contributed by atoms with van der Waals surface area (Å²) in [7, 11) is 5.13. The van der Waals surface area contributed by atoms with E-state index in [4.69, 9.17) is 9.47 Å². The van der Waals surface area contributed by atoms with Crippen LogP contribution in [0.3, 0.4) is 0 Å². The molecule has 7 nitrogen and oxygen atoms in total. The van der Waals surface area contributed by atoms with E-state index in [1.54, 1.807) is 21.3 Å². The number of unbranched alkanes of at least 4 members (excludes halogenated alkanes) is 1. The Morgan fingerprint density at radius 2 is 1.72 bits per heavy atom. The molecular weight excluding hydrogens is 402 g/mol. The molecule has 32 heavy (non-hydrogen) atoms. The lowest BCUT2D eigenvalue weighted by molar-refractivity contribution is 0.253. The Kier molecular flexibility index (Phi) is 9.50. The summed E-state index contributed by atoms with van der Waals surface area (Å²) in [5.74, 6) is 2.40. The van der Waals surface area contributed by atoms with Crippen molar-refractivity contribution in [2.45, 2.75) is 19.4 Å². The fourth-order valence-electron chi connectivity index (χ4n) is 3.93. The highest BCUT2D eigenvalue weighted by atomic mass is 16.5. The average Bonchev–Trinajstić information content (AvgIpc) is 2.86. The van der Waals surface area contributed by atoms with Crippen molar-refractivity contribution in [3.63, 3.8) is 0 Å². The first-order chi connectivity index (χ1) is 15.7. The summed E-state index contributed by atoms with van der Waals surface area (Å²) in [5.41, 5.74) is 2.40. The van der Waals surface area contributed by atoms with Crippen LogP contribution in [-0.4, -0.2) is 71.4 Å². The number of hydrogen-bond donors (Lipinski definition) is 2. The van der Waals surface area contributed by atoms with E-state index in [0.717, 1.165) is 68.7 Å². The van der Waals surface area contributed by atoms with Crippen LogP contribution in [0.25, 0.3) is 0 Å². The van der Waals surface area contributed by atoms with Gasteiger partial charge in [-0.1, -0.05) is 18.2 Å². The van der Waals surface area contributed by atoms with Gasteiger partial charge in [-0.3, -0.25) is 9.89 Å². The van der Waals surface area contributed by atoms with Crippen LogP contribution in [0.1, 0.15) is 18.4 Å². The molecule has 3 rings (SSSR count). The highest BCUT2D eigenvalue weighted by Crippen LogP contribution is 2.24. The molecule has 174 valence electrons. The molecule has 1 fully saturated rings. The lowest BCUT2D eigenvalue weighted by Gasteiger charge is -2.36. The molecule has 1 aliphatic heterocycles. The van der Waals surface area contributed by atoms with Gasteiger partial charge in [0, 0.05) is 63.6 Å². The number of nitrogens with zero attached hydrogens (tertiary/aromatic N) is 3. The molecule has 0 bridgehead atoms. The van der Waals surface area contributed by atoms with Crippen LogP contribution in [0.5, 0.6) is 11.5 Å². The smallest absolute Gasteiger partial charge is 0.191 e. The van der Waals surface area contributed by atoms with Gasteiger partial charge >= 0.3 is 0 Å². The molecule has 1 saturated heterocycles.